The summed E-state index contributed by atoms with van der Waals surface area (Å²) in [4.78, 5) is 24.8. The van der Waals surface area contributed by atoms with Gasteiger partial charge in [0.15, 0.2) is 5.76 Å². The van der Waals surface area contributed by atoms with Crippen LogP contribution in [0, 0.1) is 0 Å². The summed E-state index contributed by atoms with van der Waals surface area (Å²) in [6.07, 6.45) is 3.22. The van der Waals surface area contributed by atoms with Crippen LogP contribution in [0.5, 0.6) is 5.75 Å². The van der Waals surface area contributed by atoms with Gasteiger partial charge in [-0.15, -0.1) is 11.6 Å². The maximum absolute atomic E-state index is 12.8. The minimum absolute atomic E-state index is 0.0702. The number of carbonyl (C=O) groups excluding carboxylic acids is 2. The van der Waals surface area contributed by atoms with Crippen molar-refractivity contribution in [2.75, 3.05) is 18.3 Å². The first kappa shape index (κ1) is 20.2. The molecule has 1 amide bonds. The fraction of sp³-hybridized carbons (Fsp3) is 0.143. The molecule has 0 aliphatic carbocycles. The Morgan fingerprint density at radius 3 is 2.64 bits per heavy atom. The van der Waals surface area contributed by atoms with Gasteiger partial charge in [0.1, 0.15) is 11.3 Å². The van der Waals surface area contributed by atoms with Crippen LogP contribution in [-0.2, 0) is 4.79 Å². The molecule has 0 unspecified atom stereocenters. The van der Waals surface area contributed by atoms with E-state index in [1.54, 1.807) is 43.5 Å². The minimum atomic E-state index is -0.357. The van der Waals surface area contributed by atoms with Crippen molar-refractivity contribution in [2.24, 2.45) is 0 Å². The van der Waals surface area contributed by atoms with Crippen molar-refractivity contribution in [3.05, 3.63) is 64.3 Å². The first-order valence-corrected chi connectivity index (χ1v) is 9.79. The number of allylic oxidation sites excluding steroid dienone is 1. The Kier molecular flexibility index (Phi) is 6.54. The monoisotopic (exact) mass is 461 g/mol. The van der Waals surface area contributed by atoms with Crippen LogP contribution < -0.4 is 10.1 Å². The minimum Gasteiger partial charge on any atom is -0.497 e. The van der Waals surface area contributed by atoms with Crippen molar-refractivity contribution < 1.29 is 18.7 Å². The number of amides is 1. The first-order valence-electron chi connectivity index (χ1n) is 8.46. The molecular weight excluding hydrogens is 446 g/mol. The smallest absolute Gasteiger partial charge is 0.225 e. The van der Waals surface area contributed by atoms with Crippen LogP contribution in [0.1, 0.15) is 22.5 Å². The normalized spacial score (nSPS) is 11.1. The van der Waals surface area contributed by atoms with Crippen molar-refractivity contribution in [3.8, 4) is 5.75 Å². The van der Waals surface area contributed by atoms with Gasteiger partial charge < -0.3 is 14.5 Å². The summed E-state index contributed by atoms with van der Waals surface area (Å²) >= 11 is 9.04. The van der Waals surface area contributed by atoms with Crippen molar-refractivity contribution in [1.82, 2.24) is 0 Å². The zero-order valence-corrected chi connectivity index (χ0v) is 17.3. The number of furan rings is 1. The van der Waals surface area contributed by atoms with E-state index in [-0.39, 0.29) is 29.8 Å². The molecule has 2 aromatic carbocycles. The quantitative estimate of drug-likeness (QED) is 0.279. The van der Waals surface area contributed by atoms with Gasteiger partial charge in [-0.2, -0.15) is 0 Å². The Morgan fingerprint density at radius 1 is 1.21 bits per heavy atom. The lowest BCUT2D eigenvalue weighted by Gasteiger charge is -2.04. The Bertz CT molecular complexity index is 1040. The van der Waals surface area contributed by atoms with Gasteiger partial charge in [-0.05, 0) is 42.0 Å². The number of benzene rings is 2. The van der Waals surface area contributed by atoms with Gasteiger partial charge >= 0.3 is 0 Å². The number of alkyl halides is 1. The molecule has 7 heteroatoms. The van der Waals surface area contributed by atoms with Crippen LogP contribution >= 0.6 is 27.5 Å². The average molecular weight is 463 g/mol. The molecule has 0 spiro atoms. The lowest BCUT2D eigenvalue weighted by Crippen LogP contribution is -2.13. The topological polar surface area (TPSA) is 68.5 Å². The molecule has 0 bridgehead atoms. The third-order valence-corrected chi connectivity index (χ3v) is 4.68. The summed E-state index contributed by atoms with van der Waals surface area (Å²) in [5.41, 5.74) is 1.68. The highest BCUT2D eigenvalue weighted by molar-refractivity contribution is 9.10. The third-order valence-electron chi connectivity index (χ3n) is 4.00. The number of nitrogens with one attached hydrogen (secondary N) is 1. The summed E-state index contributed by atoms with van der Waals surface area (Å²) in [7, 11) is 1.59. The predicted octanol–water partition coefficient (Wildman–Crippen LogP) is 5.67. The molecule has 144 valence electrons. The predicted molar refractivity (Wildman–Crippen MR) is 114 cm³/mol. The lowest BCUT2D eigenvalue weighted by atomic mass is 10.1. The van der Waals surface area contributed by atoms with Crippen LogP contribution in [-0.4, -0.2) is 24.7 Å². The van der Waals surface area contributed by atoms with E-state index in [4.69, 9.17) is 20.8 Å². The zero-order chi connectivity index (χ0) is 20.1. The van der Waals surface area contributed by atoms with Gasteiger partial charge in [-0.25, -0.2) is 0 Å². The maximum Gasteiger partial charge on any atom is 0.225 e. The number of carbonyl (C=O) groups is 2. The number of hydrogen-bond donors (Lipinski definition) is 1. The van der Waals surface area contributed by atoms with E-state index in [0.717, 1.165) is 15.8 Å². The Balaban J connectivity index is 1.94. The van der Waals surface area contributed by atoms with E-state index >= 15 is 0 Å². The van der Waals surface area contributed by atoms with Crippen molar-refractivity contribution in [2.45, 2.75) is 6.42 Å². The molecule has 0 fully saturated rings. The molecule has 1 aromatic heterocycles. The van der Waals surface area contributed by atoms with Gasteiger partial charge in [0, 0.05) is 22.2 Å². The molecule has 1 heterocycles. The Labute approximate surface area is 175 Å². The second-order valence-electron chi connectivity index (χ2n) is 5.90. The molecule has 3 rings (SSSR count). The van der Waals surface area contributed by atoms with Gasteiger partial charge in [0.25, 0.3) is 0 Å². The standard InChI is InChI=1S/C21H17BrClNO4/c1-27-15-6-2-13(3-7-15)4-8-17(25)21-20(24-19(26)10-11-23)16-12-14(22)5-9-18(16)28-21/h2-9,12H,10-11H2,1H3,(H,24,26). The second-order valence-corrected chi connectivity index (χ2v) is 7.20. The van der Waals surface area contributed by atoms with Crippen LogP contribution in [0.15, 0.2) is 57.4 Å². The van der Waals surface area contributed by atoms with Gasteiger partial charge in [0.2, 0.25) is 11.7 Å². The van der Waals surface area contributed by atoms with Crippen LogP contribution in [0.4, 0.5) is 5.69 Å². The molecular formula is C21H17BrClNO4. The van der Waals surface area contributed by atoms with Crippen LogP contribution in [0.2, 0.25) is 0 Å². The number of rotatable bonds is 7. The number of halogens is 2. The number of ether oxygens (including phenoxy) is 1. The summed E-state index contributed by atoms with van der Waals surface area (Å²) in [5.74, 6) is 0.345. The Morgan fingerprint density at radius 2 is 1.96 bits per heavy atom. The summed E-state index contributed by atoms with van der Waals surface area (Å²) in [6.45, 7) is 0. The van der Waals surface area contributed by atoms with E-state index in [2.05, 4.69) is 21.2 Å². The molecule has 1 N–H and O–H groups in total. The second kappa shape index (κ2) is 9.08. The fourth-order valence-electron chi connectivity index (χ4n) is 2.62. The Hall–Kier alpha value is -2.57. The number of fused-ring (bicyclic) bond motifs is 1. The highest BCUT2D eigenvalue weighted by atomic mass is 79.9. The SMILES string of the molecule is COc1ccc(C=CC(=O)c2oc3ccc(Br)cc3c2NC(=O)CCCl)cc1. The molecule has 0 aliphatic rings. The molecule has 3 aromatic rings. The van der Waals surface area contributed by atoms with E-state index in [1.165, 1.54) is 6.08 Å². The van der Waals surface area contributed by atoms with Crippen molar-refractivity contribution >= 4 is 62.0 Å². The number of methoxy groups -OCH3 is 1. The highest BCUT2D eigenvalue weighted by Crippen LogP contribution is 2.33. The highest BCUT2D eigenvalue weighted by Gasteiger charge is 2.21. The number of anilines is 1. The summed E-state index contributed by atoms with van der Waals surface area (Å²) in [6, 6.07) is 12.6. The first-order chi connectivity index (χ1) is 13.5. The lowest BCUT2D eigenvalue weighted by molar-refractivity contribution is -0.115. The third kappa shape index (κ3) is 4.64. The number of hydrogen-bond acceptors (Lipinski definition) is 4. The zero-order valence-electron chi connectivity index (χ0n) is 15.0. The van der Waals surface area contributed by atoms with Crippen molar-refractivity contribution in [3.63, 3.8) is 0 Å². The maximum atomic E-state index is 12.8. The molecule has 0 saturated heterocycles. The molecule has 5 nitrogen and oxygen atoms in total. The van der Waals surface area contributed by atoms with Gasteiger partial charge in [-0.3, -0.25) is 9.59 Å². The van der Waals surface area contributed by atoms with E-state index < -0.39 is 0 Å². The number of ketones is 1. The summed E-state index contributed by atoms with van der Waals surface area (Å²) in [5, 5.41) is 3.38. The van der Waals surface area contributed by atoms with Gasteiger partial charge in [-0.1, -0.05) is 34.1 Å². The van der Waals surface area contributed by atoms with Crippen molar-refractivity contribution in [1.29, 1.82) is 0 Å². The van der Waals surface area contributed by atoms with Crippen LogP contribution in [0.3, 0.4) is 0 Å². The largest absolute Gasteiger partial charge is 0.497 e. The molecule has 0 radical (unpaired) electrons. The molecule has 0 atom stereocenters. The van der Waals surface area contributed by atoms with Crippen LogP contribution in [0.25, 0.3) is 17.0 Å². The van der Waals surface area contributed by atoms with Gasteiger partial charge in [0.05, 0.1) is 12.8 Å². The van der Waals surface area contributed by atoms with E-state index in [9.17, 15) is 9.59 Å². The molecule has 0 aliphatic heterocycles. The fourth-order valence-corrected chi connectivity index (χ4v) is 3.15. The summed E-state index contributed by atoms with van der Waals surface area (Å²) < 4.78 is 11.7. The average Bonchev–Trinajstić information content (AvgIpc) is 3.04. The van der Waals surface area contributed by atoms with E-state index in [0.29, 0.717) is 16.7 Å². The van der Waals surface area contributed by atoms with E-state index in [1.807, 2.05) is 12.1 Å². The molecule has 0 saturated carbocycles. The molecule has 28 heavy (non-hydrogen) atoms.